The Morgan fingerprint density at radius 1 is 1.40 bits per heavy atom. The summed E-state index contributed by atoms with van der Waals surface area (Å²) < 4.78 is 35.3. The molecule has 1 aliphatic rings. The molecular formula is C20H27ClN4O4S. The van der Waals surface area contributed by atoms with Gasteiger partial charge in [-0.1, -0.05) is 11.6 Å². The van der Waals surface area contributed by atoms with Crippen molar-refractivity contribution >= 4 is 27.5 Å². The summed E-state index contributed by atoms with van der Waals surface area (Å²) in [5.41, 5.74) is 0. The summed E-state index contributed by atoms with van der Waals surface area (Å²) in [6.07, 6.45) is 7.38. The molecule has 3 rings (SSSR count). The van der Waals surface area contributed by atoms with Gasteiger partial charge < -0.3 is 14.6 Å². The summed E-state index contributed by atoms with van der Waals surface area (Å²) in [5, 5.41) is 3.25. The van der Waals surface area contributed by atoms with Gasteiger partial charge in [0, 0.05) is 43.6 Å². The normalized spacial score (nSPS) is 17.6. The average molecular weight is 455 g/mol. The minimum atomic E-state index is -3.82. The van der Waals surface area contributed by atoms with Gasteiger partial charge in [0.2, 0.25) is 15.9 Å². The molecule has 0 saturated carbocycles. The van der Waals surface area contributed by atoms with Crippen LogP contribution in [-0.2, 0) is 21.4 Å². The van der Waals surface area contributed by atoms with E-state index in [9.17, 15) is 13.2 Å². The SMILES string of the molecule is CCOc1ccc(Cl)cc1S(=O)(=O)N1CCC[C@H](C(=O)NCCCn2ccnc2)C1. The van der Waals surface area contributed by atoms with Gasteiger partial charge in [0.1, 0.15) is 10.6 Å². The standard InChI is InChI=1S/C20H27ClN4O4S/c1-2-29-18-7-6-17(21)13-19(18)30(27,28)25-11-3-5-16(14-25)20(26)23-8-4-10-24-12-9-22-15-24/h6-7,9,12-13,15-16H,2-5,8,10-11,14H2,1H3,(H,23,26)/t16-/m0/s1. The highest BCUT2D eigenvalue weighted by Crippen LogP contribution is 2.32. The molecule has 164 valence electrons. The van der Waals surface area contributed by atoms with Crippen molar-refractivity contribution in [2.75, 3.05) is 26.2 Å². The van der Waals surface area contributed by atoms with Crippen LogP contribution >= 0.6 is 11.6 Å². The number of carbonyl (C=O) groups excluding carboxylic acids is 1. The van der Waals surface area contributed by atoms with E-state index in [-0.39, 0.29) is 29.0 Å². The molecule has 0 bridgehead atoms. The number of sulfonamides is 1. The number of piperidine rings is 1. The maximum absolute atomic E-state index is 13.2. The number of rotatable bonds is 9. The van der Waals surface area contributed by atoms with Gasteiger partial charge in [-0.2, -0.15) is 4.31 Å². The number of ether oxygens (including phenoxy) is 1. The Morgan fingerprint density at radius 3 is 2.97 bits per heavy atom. The van der Waals surface area contributed by atoms with Crippen molar-refractivity contribution in [3.8, 4) is 5.75 Å². The highest BCUT2D eigenvalue weighted by molar-refractivity contribution is 7.89. The molecule has 1 saturated heterocycles. The van der Waals surface area contributed by atoms with Gasteiger partial charge >= 0.3 is 0 Å². The van der Waals surface area contributed by atoms with Crippen molar-refractivity contribution in [2.45, 2.75) is 37.6 Å². The van der Waals surface area contributed by atoms with Crippen LogP contribution in [0.4, 0.5) is 0 Å². The van der Waals surface area contributed by atoms with Crippen LogP contribution in [0.25, 0.3) is 0 Å². The minimum Gasteiger partial charge on any atom is -0.492 e. The first-order chi connectivity index (χ1) is 14.4. The highest BCUT2D eigenvalue weighted by atomic mass is 35.5. The number of nitrogens with one attached hydrogen (secondary N) is 1. The number of imidazole rings is 1. The Labute approximate surface area is 182 Å². The fraction of sp³-hybridized carbons (Fsp3) is 0.500. The predicted molar refractivity (Wildman–Crippen MR) is 114 cm³/mol. The van der Waals surface area contributed by atoms with E-state index in [4.69, 9.17) is 16.3 Å². The number of nitrogens with zero attached hydrogens (tertiary/aromatic N) is 3. The van der Waals surface area contributed by atoms with Gasteiger partial charge in [-0.3, -0.25) is 4.79 Å². The zero-order valence-electron chi connectivity index (χ0n) is 17.0. The van der Waals surface area contributed by atoms with E-state index >= 15 is 0 Å². The Bertz CT molecular complexity index is 950. The van der Waals surface area contributed by atoms with Crippen molar-refractivity contribution in [3.05, 3.63) is 41.9 Å². The zero-order chi connectivity index (χ0) is 21.6. The van der Waals surface area contributed by atoms with Gasteiger partial charge in [0.25, 0.3) is 0 Å². The number of halogens is 1. The van der Waals surface area contributed by atoms with Crippen LogP contribution in [0.15, 0.2) is 41.8 Å². The van der Waals surface area contributed by atoms with Crippen LogP contribution in [0.1, 0.15) is 26.2 Å². The van der Waals surface area contributed by atoms with Crippen LogP contribution in [-0.4, -0.2) is 54.4 Å². The number of hydrogen-bond acceptors (Lipinski definition) is 5. The molecule has 8 nitrogen and oxygen atoms in total. The third-order valence-electron chi connectivity index (χ3n) is 5.03. The Morgan fingerprint density at radius 2 is 2.23 bits per heavy atom. The summed E-state index contributed by atoms with van der Waals surface area (Å²) in [6.45, 7) is 3.94. The van der Waals surface area contributed by atoms with E-state index in [0.717, 1.165) is 13.0 Å². The summed E-state index contributed by atoms with van der Waals surface area (Å²) in [7, 11) is -3.82. The highest BCUT2D eigenvalue weighted by Gasteiger charge is 2.35. The van der Waals surface area contributed by atoms with Gasteiger partial charge in [-0.05, 0) is 44.4 Å². The van der Waals surface area contributed by atoms with E-state index in [1.165, 1.54) is 10.4 Å². The first-order valence-corrected chi connectivity index (χ1v) is 11.9. The van der Waals surface area contributed by atoms with Crippen molar-refractivity contribution in [3.63, 3.8) is 0 Å². The summed E-state index contributed by atoms with van der Waals surface area (Å²) in [5.74, 6) is -0.221. The Kier molecular flexibility index (Phi) is 7.74. The molecule has 10 heteroatoms. The second kappa shape index (κ2) is 10.3. The lowest BCUT2D eigenvalue weighted by atomic mass is 9.99. The molecule has 0 aliphatic carbocycles. The molecule has 1 aromatic carbocycles. The molecule has 1 N–H and O–H groups in total. The molecule has 1 aliphatic heterocycles. The number of carbonyl (C=O) groups is 1. The summed E-state index contributed by atoms with van der Waals surface area (Å²) in [6, 6.07) is 4.57. The van der Waals surface area contributed by atoms with Crippen LogP contribution in [0.3, 0.4) is 0 Å². The lowest BCUT2D eigenvalue weighted by Crippen LogP contribution is -2.45. The van der Waals surface area contributed by atoms with Crippen LogP contribution in [0.2, 0.25) is 5.02 Å². The number of aryl methyl sites for hydroxylation is 1. The quantitative estimate of drug-likeness (QED) is 0.587. The first-order valence-electron chi connectivity index (χ1n) is 10.1. The zero-order valence-corrected chi connectivity index (χ0v) is 18.5. The molecule has 0 unspecified atom stereocenters. The third kappa shape index (κ3) is 5.53. The maximum Gasteiger partial charge on any atom is 0.246 e. The fourth-order valence-corrected chi connectivity index (χ4v) is 5.43. The third-order valence-corrected chi connectivity index (χ3v) is 7.15. The second-order valence-corrected chi connectivity index (χ2v) is 9.51. The molecular weight excluding hydrogens is 428 g/mol. The van der Waals surface area contributed by atoms with Crippen LogP contribution in [0, 0.1) is 5.92 Å². The monoisotopic (exact) mass is 454 g/mol. The van der Waals surface area contributed by atoms with Gasteiger partial charge in [0.15, 0.2) is 0 Å². The van der Waals surface area contributed by atoms with E-state index in [1.807, 2.05) is 10.8 Å². The molecule has 0 radical (unpaired) electrons. The molecule has 2 aromatic rings. The van der Waals surface area contributed by atoms with Gasteiger partial charge in [-0.15, -0.1) is 0 Å². The van der Waals surface area contributed by atoms with E-state index in [0.29, 0.717) is 37.6 Å². The largest absolute Gasteiger partial charge is 0.492 e. The summed E-state index contributed by atoms with van der Waals surface area (Å²) >= 11 is 6.04. The minimum absolute atomic E-state index is 0.0400. The number of hydrogen-bond donors (Lipinski definition) is 1. The van der Waals surface area contributed by atoms with Crippen molar-refractivity contribution in [2.24, 2.45) is 5.92 Å². The van der Waals surface area contributed by atoms with E-state index in [2.05, 4.69) is 10.3 Å². The molecule has 1 fully saturated rings. The van der Waals surface area contributed by atoms with Crippen molar-refractivity contribution in [1.29, 1.82) is 0 Å². The predicted octanol–water partition coefficient (Wildman–Crippen LogP) is 2.54. The maximum atomic E-state index is 13.2. The second-order valence-electron chi connectivity index (χ2n) is 7.17. The fourth-order valence-electron chi connectivity index (χ4n) is 3.51. The molecule has 0 spiro atoms. The molecule has 30 heavy (non-hydrogen) atoms. The molecule has 1 amide bonds. The smallest absolute Gasteiger partial charge is 0.246 e. The Balaban J connectivity index is 1.62. The Hall–Kier alpha value is -2.10. The van der Waals surface area contributed by atoms with Crippen LogP contribution in [0.5, 0.6) is 5.75 Å². The number of amides is 1. The van der Waals surface area contributed by atoms with Crippen LogP contribution < -0.4 is 10.1 Å². The number of benzene rings is 1. The first kappa shape index (κ1) is 22.6. The topological polar surface area (TPSA) is 93.5 Å². The lowest BCUT2D eigenvalue weighted by Gasteiger charge is -2.31. The summed E-state index contributed by atoms with van der Waals surface area (Å²) in [4.78, 5) is 16.6. The molecule has 2 heterocycles. The molecule has 1 atom stereocenters. The van der Waals surface area contributed by atoms with Crippen molar-refractivity contribution < 1.29 is 17.9 Å². The van der Waals surface area contributed by atoms with E-state index in [1.54, 1.807) is 31.6 Å². The lowest BCUT2D eigenvalue weighted by molar-refractivity contribution is -0.126. The van der Waals surface area contributed by atoms with Gasteiger partial charge in [-0.25, -0.2) is 13.4 Å². The molecule has 1 aromatic heterocycles. The van der Waals surface area contributed by atoms with E-state index < -0.39 is 10.0 Å². The average Bonchev–Trinajstić information content (AvgIpc) is 3.26. The number of aromatic nitrogens is 2. The van der Waals surface area contributed by atoms with Crippen molar-refractivity contribution in [1.82, 2.24) is 19.2 Å². The van der Waals surface area contributed by atoms with Gasteiger partial charge in [0.05, 0.1) is 18.9 Å².